The van der Waals surface area contributed by atoms with Crippen LogP contribution in [-0.4, -0.2) is 31.5 Å². The lowest BCUT2D eigenvalue weighted by atomic mass is 10.1. The van der Waals surface area contributed by atoms with Gasteiger partial charge in [-0.05, 0) is 23.3 Å². The number of hydrogen-bond acceptors (Lipinski definition) is 5. The number of allylic oxidation sites excluding steroid dienone is 2. The SMILES string of the molecule is C=CCn1c(=O)n(CC=C)c(=O)n(CC(O)COc2ccc(-c3ccccc3)cc2)c1=O. The van der Waals surface area contributed by atoms with Gasteiger partial charge in [-0.25, -0.2) is 28.1 Å². The van der Waals surface area contributed by atoms with Gasteiger partial charge in [-0.2, -0.15) is 0 Å². The van der Waals surface area contributed by atoms with E-state index in [0.29, 0.717) is 5.75 Å². The minimum Gasteiger partial charge on any atom is -0.491 e. The fourth-order valence-corrected chi connectivity index (χ4v) is 3.24. The number of aliphatic hydroxyl groups excluding tert-OH is 1. The fraction of sp³-hybridized carbons (Fsp3) is 0.208. The summed E-state index contributed by atoms with van der Waals surface area (Å²) < 4.78 is 8.20. The molecule has 0 aliphatic heterocycles. The molecule has 1 aromatic heterocycles. The molecule has 1 heterocycles. The maximum absolute atomic E-state index is 12.6. The van der Waals surface area contributed by atoms with E-state index in [1.807, 2.05) is 42.5 Å². The number of aromatic nitrogens is 3. The second-order valence-electron chi connectivity index (χ2n) is 7.11. The van der Waals surface area contributed by atoms with E-state index in [0.717, 1.165) is 24.8 Å². The highest BCUT2D eigenvalue weighted by atomic mass is 16.5. The Bertz CT molecular complexity index is 1210. The molecule has 0 aliphatic carbocycles. The molecule has 0 radical (unpaired) electrons. The Balaban J connectivity index is 1.74. The van der Waals surface area contributed by atoms with Crippen LogP contribution in [0.15, 0.2) is 94.3 Å². The van der Waals surface area contributed by atoms with Crippen LogP contribution in [-0.2, 0) is 19.6 Å². The van der Waals surface area contributed by atoms with E-state index in [1.54, 1.807) is 12.1 Å². The van der Waals surface area contributed by atoms with Crippen molar-refractivity contribution in [2.45, 2.75) is 25.7 Å². The molecular formula is C24H25N3O5. The lowest BCUT2D eigenvalue weighted by Crippen LogP contribution is -2.55. The van der Waals surface area contributed by atoms with E-state index in [4.69, 9.17) is 4.74 Å². The summed E-state index contributed by atoms with van der Waals surface area (Å²) in [6.07, 6.45) is 1.62. The van der Waals surface area contributed by atoms with Crippen LogP contribution in [0.3, 0.4) is 0 Å². The van der Waals surface area contributed by atoms with Crippen molar-refractivity contribution in [1.82, 2.24) is 13.7 Å². The lowest BCUT2D eigenvalue weighted by molar-refractivity contribution is 0.0888. The van der Waals surface area contributed by atoms with Gasteiger partial charge in [-0.1, -0.05) is 54.6 Å². The van der Waals surface area contributed by atoms with Crippen molar-refractivity contribution in [1.29, 1.82) is 0 Å². The van der Waals surface area contributed by atoms with Gasteiger partial charge in [0.2, 0.25) is 0 Å². The molecular weight excluding hydrogens is 410 g/mol. The summed E-state index contributed by atoms with van der Waals surface area (Å²) in [5, 5.41) is 10.4. The van der Waals surface area contributed by atoms with Crippen molar-refractivity contribution < 1.29 is 9.84 Å². The van der Waals surface area contributed by atoms with Gasteiger partial charge in [-0.3, -0.25) is 0 Å². The highest BCUT2D eigenvalue weighted by molar-refractivity contribution is 5.63. The monoisotopic (exact) mass is 435 g/mol. The average molecular weight is 435 g/mol. The Kier molecular flexibility index (Phi) is 7.41. The van der Waals surface area contributed by atoms with Gasteiger partial charge in [-0.15, -0.1) is 13.2 Å². The molecule has 8 nitrogen and oxygen atoms in total. The van der Waals surface area contributed by atoms with Crippen LogP contribution in [0.1, 0.15) is 0 Å². The first-order valence-electron chi connectivity index (χ1n) is 10.1. The van der Waals surface area contributed by atoms with E-state index >= 15 is 0 Å². The van der Waals surface area contributed by atoms with Gasteiger partial charge < -0.3 is 9.84 Å². The molecule has 2 aromatic carbocycles. The Morgan fingerprint density at radius 2 is 1.28 bits per heavy atom. The standard InChI is InChI=1S/C24H25N3O5/c1-3-14-25-22(29)26(15-4-2)24(31)27(23(25)30)16-20(28)17-32-21-12-10-19(11-13-21)18-8-6-5-7-9-18/h3-13,20,28H,1-2,14-17H2. The van der Waals surface area contributed by atoms with Crippen LogP contribution in [0.4, 0.5) is 0 Å². The lowest BCUT2D eigenvalue weighted by Gasteiger charge is -2.16. The Labute approximate surface area is 184 Å². The quantitative estimate of drug-likeness (QED) is 0.489. The molecule has 0 aliphatic rings. The average Bonchev–Trinajstić information content (AvgIpc) is 2.82. The number of hydrogen-bond donors (Lipinski definition) is 1. The minimum atomic E-state index is -1.15. The topological polar surface area (TPSA) is 95.5 Å². The van der Waals surface area contributed by atoms with E-state index in [9.17, 15) is 19.5 Å². The van der Waals surface area contributed by atoms with E-state index in [1.165, 1.54) is 12.2 Å². The molecule has 0 saturated carbocycles. The van der Waals surface area contributed by atoms with Crippen molar-refractivity contribution in [2.24, 2.45) is 0 Å². The van der Waals surface area contributed by atoms with Crippen LogP contribution < -0.4 is 21.8 Å². The molecule has 1 N–H and O–H groups in total. The van der Waals surface area contributed by atoms with E-state index in [2.05, 4.69) is 13.2 Å². The molecule has 32 heavy (non-hydrogen) atoms. The number of aliphatic hydroxyl groups is 1. The van der Waals surface area contributed by atoms with Gasteiger partial charge in [0, 0.05) is 0 Å². The molecule has 0 spiro atoms. The highest BCUT2D eigenvalue weighted by Crippen LogP contribution is 2.22. The summed E-state index contributed by atoms with van der Waals surface area (Å²) in [6.45, 7) is 6.48. The Morgan fingerprint density at radius 3 is 1.81 bits per heavy atom. The largest absolute Gasteiger partial charge is 0.491 e. The molecule has 1 atom stereocenters. The summed E-state index contributed by atoms with van der Waals surface area (Å²) in [5.74, 6) is 0.539. The van der Waals surface area contributed by atoms with Crippen LogP contribution in [0.2, 0.25) is 0 Å². The number of rotatable bonds is 10. The van der Waals surface area contributed by atoms with Gasteiger partial charge in [0.25, 0.3) is 0 Å². The molecule has 0 bridgehead atoms. The van der Waals surface area contributed by atoms with Crippen molar-refractivity contribution >= 4 is 0 Å². The fourth-order valence-electron chi connectivity index (χ4n) is 3.24. The van der Waals surface area contributed by atoms with Crippen molar-refractivity contribution in [3.63, 3.8) is 0 Å². The zero-order chi connectivity index (χ0) is 23.1. The third-order valence-electron chi connectivity index (χ3n) is 4.81. The van der Waals surface area contributed by atoms with E-state index < -0.39 is 23.2 Å². The molecule has 166 valence electrons. The van der Waals surface area contributed by atoms with Gasteiger partial charge in [0.15, 0.2) is 0 Å². The molecule has 1 unspecified atom stereocenters. The Morgan fingerprint density at radius 1 is 0.781 bits per heavy atom. The molecule has 3 rings (SSSR count). The minimum absolute atomic E-state index is 0.0601. The first-order chi connectivity index (χ1) is 15.5. The van der Waals surface area contributed by atoms with Crippen molar-refractivity contribution in [3.8, 4) is 16.9 Å². The summed E-state index contributed by atoms with van der Waals surface area (Å²) in [4.78, 5) is 37.7. The summed E-state index contributed by atoms with van der Waals surface area (Å²) in [5.41, 5.74) is -0.278. The smallest absolute Gasteiger partial charge is 0.336 e. The first-order valence-corrected chi connectivity index (χ1v) is 10.1. The van der Waals surface area contributed by atoms with Gasteiger partial charge in [0.1, 0.15) is 18.5 Å². The molecule has 0 saturated heterocycles. The Hall–Kier alpha value is -3.91. The second kappa shape index (κ2) is 10.4. The van der Waals surface area contributed by atoms with Crippen molar-refractivity contribution in [2.75, 3.05) is 6.61 Å². The van der Waals surface area contributed by atoms with Crippen LogP contribution in [0.5, 0.6) is 5.75 Å². The zero-order valence-electron chi connectivity index (χ0n) is 17.6. The molecule has 0 fully saturated rings. The number of ether oxygens (including phenoxy) is 1. The van der Waals surface area contributed by atoms with Crippen molar-refractivity contribution in [3.05, 3.63) is 111 Å². The van der Waals surface area contributed by atoms with Crippen LogP contribution >= 0.6 is 0 Å². The number of nitrogens with zero attached hydrogens (tertiary/aromatic N) is 3. The summed E-state index contributed by atoms with van der Waals surface area (Å²) >= 11 is 0. The predicted octanol–water partition coefficient (Wildman–Crippen LogP) is 1.65. The second-order valence-corrected chi connectivity index (χ2v) is 7.11. The summed E-state index contributed by atoms with van der Waals surface area (Å²) in [6, 6.07) is 17.2. The van der Waals surface area contributed by atoms with Gasteiger partial charge in [0.05, 0.1) is 19.6 Å². The van der Waals surface area contributed by atoms with Crippen LogP contribution in [0.25, 0.3) is 11.1 Å². The zero-order valence-corrected chi connectivity index (χ0v) is 17.6. The molecule has 8 heteroatoms. The van der Waals surface area contributed by atoms with E-state index in [-0.39, 0.29) is 26.2 Å². The van der Waals surface area contributed by atoms with Gasteiger partial charge >= 0.3 is 17.1 Å². The third-order valence-corrected chi connectivity index (χ3v) is 4.81. The third kappa shape index (κ3) is 5.04. The normalized spacial score (nSPS) is 11.7. The highest BCUT2D eigenvalue weighted by Gasteiger charge is 2.17. The molecule has 3 aromatic rings. The maximum atomic E-state index is 12.6. The van der Waals surface area contributed by atoms with Crippen LogP contribution in [0, 0.1) is 0 Å². The first kappa shape index (κ1) is 22.8. The predicted molar refractivity (Wildman–Crippen MR) is 123 cm³/mol. The molecule has 0 amide bonds. The summed E-state index contributed by atoms with van der Waals surface area (Å²) in [7, 11) is 0. The number of benzene rings is 2. The maximum Gasteiger partial charge on any atom is 0.336 e.